The van der Waals surface area contributed by atoms with Gasteiger partial charge >= 0.3 is 0 Å². The average molecular weight is 220 g/mol. The van der Waals surface area contributed by atoms with Crippen LogP contribution in [-0.2, 0) is 6.54 Å². The molecule has 0 aliphatic heterocycles. The molecule has 0 unspecified atom stereocenters. The Morgan fingerprint density at radius 2 is 1.93 bits per heavy atom. The van der Waals surface area contributed by atoms with Crippen molar-refractivity contribution in [2.24, 2.45) is 0 Å². The Morgan fingerprint density at radius 1 is 1.13 bits per heavy atom. The maximum absolute atomic E-state index is 5.68. The number of anilines is 1. The monoisotopic (exact) mass is 219 g/mol. The summed E-state index contributed by atoms with van der Waals surface area (Å²) in [6.45, 7) is 0.645. The standard InChI is InChI=1S/C11H10ClN3/c12-11-13-7-6-10(15-11)8-14-9-4-2-1-3-5-9/h1-7,14H,8H2. The molecule has 15 heavy (non-hydrogen) atoms. The lowest BCUT2D eigenvalue weighted by atomic mass is 10.3. The van der Waals surface area contributed by atoms with Crippen molar-refractivity contribution in [1.29, 1.82) is 0 Å². The van der Waals surface area contributed by atoms with Gasteiger partial charge in [0.1, 0.15) is 0 Å². The van der Waals surface area contributed by atoms with E-state index in [1.807, 2.05) is 36.4 Å². The van der Waals surface area contributed by atoms with E-state index in [1.165, 1.54) is 0 Å². The zero-order chi connectivity index (χ0) is 10.5. The molecule has 0 saturated carbocycles. The zero-order valence-electron chi connectivity index (χ0n) is 8.02. The molecule has 0 aliphatic rings. The molecule has 2 rings (SSSR count). The van der Waals surface area contributed by atoms with E-state index in [0.717, 1.165) is 11.4 Å². The summed E-state index contributed by atoms with van der Waals surface area (Å²) >= 11 is 5.68. The molecule has 0 atom stereocenters. The van der Waals surface area contributed by atoms with E-state index < -0.39 is 0 Å². The van der Waals surface area contributed by atoms with Gasteiger partial charge in [0, 0.05) is 11.9 Å². The molecule has 0 saturated heterocycles. The van der Waals surface area contributed by atoms with Gasteiger partial charge in [0.2, 0.25) is 5.28 Å². The maximum Gasteiger partial charge on any atom is 0.222 e. The molecule has 0 spiro atoms. The second-order valence-electron chi connectivity index (χ2n) is 3.04. The number of para-hydroxylation sites is 1. The molecular weight excluding hydrogens is 210 g/mol. The second-order valence-corrected chi connectivity index (χ2v) is 3.37. The minimum absolute atomic E-state index is 0.280. The van der Waals surface area contributed by atoms with Crippen molar-refractivity contribution in [3.8, 4) is 0 Å². The van der Waals surface area contributed by atoms with Crippen LogP contribution in [0.4, 0.5) is 5.69 Å². The summed E-state index contributed by atoms with van der Waals surface area (Å²) in [5.74, 6) is 0. The van der Waals surface area contributed by atoms with Crippen molar-refractivity contribution in [3.05, 3.63) is 53.6 Å². The van der Waals surface area contributed by atoms with Gasteiger partial charge in [-0.15, -0.1) is 0 Å². The topological polar surface area (TPSA) is 37.8 Å². The smallest absolute Gasteiger partial charge is 0.222 e. The fourth-order valence-corrected chi connectivity index (χ4v) is 1.38. The van der Waals surface area contributed by atoms with Crippen LogP contribution >= 0.6 is 11.6 Å². The first-order chi connectivity index (χ1) is 7.34. The van der Waals surface area contributed by atoms with E-state index in [0.29, 0.717) is 6.54 Å². The summed E-state index contributed by atoms with van der Waals surface area (Å²) in [6, 6.07) is 11.8. The Morgan fingerprint density at radius 3 is 2.67 bits per heavy atom. The number of benzene rings is 1. The third-order valence-electron chi connectivity index (χ3n) is 1.93. The molecule has 0 amide bonds. The average Bonchev–Trinajstić information content (AvgIpc) is 2.28. The van der Waals surface area contributed by atoms with Crippen LogP contribution in [0.5, 0.6) is 0 Å². The molecule has 1 aromatic heterocycles. The summed E-state index contributed by atoms with van der Waals surface area (Å²) in [5.41, 5.74) is 1.94. The van der Waals surface area contributed by atoms with Gasteiger partial charge in [-0.2, -0.15) is 0 Å². The van der Waals surface area contributed by atoms with Crippen molar-refractivity contribution < 1.29 is 0 Å². The molecule has 1 N–H and O–H groups in total. The number of nitrogens with one attached hydrogen (secondary N) is 1. The van der Waals surface area contributed by atoms with Crippen LogP contribution in [0.15, 0.2) is 42.6 Å². The van der Waals surface area contributed by atoms with Gasteiger partial charge in [0.25, 0.3) is 0 Å². The maximum atomic E-state index is 5.68. The number of rotatable bonds is 3. The third-order valence-corrected chi connectivity index (χ3v) is 2.11. The second kappa shape index (κ2) is 4.75. The molecule has 4 heteroatoms. The van der Waals surface area contributed by atoms with Crippen molar-refractivity contribution in [2.75, 3.05) is 5.32 Å². The minimum Gasteiger partial charge on any atom is -0.379 e. The van der Waals surface area contributed by atoms with Crippen LogP contribution in [0.3, 0.4) is 0 Å². The summed E-state index contributed by atoms with van der Waals surface area (Å²) in [7, 11) is 0. The molecule has 0 bridgehead atoms. The fourth-order valence-electron chi connectivity index (χ4n) is 1.22. The number of nitrogens with zero attached hydrogens (tertiary/aromatic N) is 2. The van der Waals surface area contributed by atoms with Crippen molar-refractivity contribution >= 4 is 17.3 Å². The van der Waals surface area contributed by atoms with Crippen LogP contribution in [0, 0.1) is 0 Å². The normalized spacial score (nSPS) is 9.93. The van der Waals surface area contributed by atoms with Crippen LogP contribution in [-0.4, -0.2) is 9.97 Å². The first-order valence-electron chi connectivity index (χ1n) is 4.61. The lowest BCUT2D eigenvalue weighted by Gasteiger charge is -2.04. The van der Waals surface area contributed by atoms with Gasteiger partial charge in [-0.1, -0.05) is 18.2 Å². The summed E-state index contributed by atoms with van der Waals surface area (Å²) in [4.78, 5) is 7.90. The van der Waals surface area contributed by atoms with Crippen molar-refractivity contribution in [2.45, 2.75) is 6.54 Å². The molecule has 0 radical (unpaired) electrons. The Bertz CT molecular complexity index is 431. The molecule has 1 aromatic carbocycles. The highest BCUT2D eigenvalue weighted by Crippen LogP contribution is 2.07. The highest BCUT2D eigenvalue weighted by atomic mass is 35.5. The van der Waals surface area contributed by atoms with Gasteiger partial charge in [-0.3, -0.25) is 0 Å². The highest BCUT2D eigenvalue weighted by Gasteiger charge is 1.96. The zero-order valence-corrected chi connectivity index (χ0v) is 8.78. The van der Waals surface area contributed by atoms with E-state index in [4.69, 9.17) is 11.6 Å². The predicted molar refractivity (Wildman–Crippen MR) is 60.8 cm³/mol. The first-order valence-corrected chi connectivity index (χ1v) is 4.99. The third kappa shape index (κ3) is 2.92. The van der Waals surface area contributed by atoms with Crippen LogP contribution in [0.25, 0.3) is 0 Å². The van der Waals surface area contributed by atoms with Gasteiger partial charge in [-0.25, -0.2) is 9.97 Å². The Hall–Kier alpha value is -1.61. The predicted octanol–water partition coefficient (Wildman–Crippen LogP) is 2.74. The molecular formula is C11H10ClN3. The first kappa shape index (κ1) is 9.93. The largest absolute Gasteiger partial charge is 0.379 e. The van der Waals surface area contributed by atoms with Gasteiger partial charge in [-0.05, 0) is 29.8 Å². The minimum atomic E-state index is 0.280. The van der Waals surface area contributed by atoms with E-state index >= 15 is 0 Å². The van der Waals surface area contributed by atoms with E-state index in [1.54, 1.807) is 6.20 Å². The summed E-state index contributed by atoms with van der Waals surface area (Å²) in [6.07, 6.45) is 1.65. The van der Waals surface area contributed by atoms with Crippen LogP contribution in [0.2, 0.25) is 5.28 Å². The Kier molecular flexibility index (Phi) is 3.15. The lowest BCUT2D eigenvalue weighted by molar-refractivity contribution is 1.01. The van der Waals surface area contributed by atoms with Crippen molar-refractivity contribution in [3.63, 3.8) is 0 Å². The van der Waals surface area contributed by atoms with Gasteiger partial charge < -0.3 is 5.32 Å². The number of hydrogen-bond donors (Lipinski definition) is 1. The molecule has 0 fully saturated rings. The Labute approximate surface area is 93.1 Å². The number of aromatic nitrogens is 2. The van der Waals surface area contributed by atoms with Crippen molar-refractivity contribution in [1.82, 2.24) is 9.97 Å². The van der Waals surface area contributed by atoms with Gasteiger partial charge in [0.05, 0.1) is 12.2 Å². The summed E-state index contributed by atoms with van der Waals surface area (Å²) in [5, 5.41) is 3.52. The molecule has 0 aliphatic carbocycles. The lowest BCUT2D eigenvalue weighted by Crippen LogP contribution is -2.01. The molecule has 2 aromatic rings. The quantitative estimate of drug-likeness (QED) is 0.807. The molecule has 76 valence electrons. The highest BCUT2D eigenvalue weighted by molar-refractivity contribution is 6.28. The number of hydrogen-bond acceptors (Lipinski definition) is 3. The molecule has 3 nitrogen and oxygen atoms in total. The fraction of sp³-hybridized carbons (Fsp3) is 0.0909. The number of halogens is 1. The van der Waals surface area contributed by atoms with E-state index in [-0.39, 0.29) is 5.28 Å². The SMILES string of the molecule is Clc1nccc(CNc2ccccc2)n1. The van der Waals surface area contributed by atoms with Gasteiger partial charge in [0.15, 0.2) is 0 Å². The van der Waals surface area contributed by atoms with Crippen LogP contribution < -0.4 is 5.32 Å². The van der Waals surface area contributed by atoms with E-state index in [9.17, 15) is 0 Å². The van der Waals surface area contributed by atoms with E-state index in [2.05, 4.69) is 15.3 Å². The Balaban J connectivity index is 1.99. The van der Waals surface area contributed by atoms with Crippen LogP contribution in [0.1, 0.15) is 5.69 Å². The summed E-state index contributed by atoms with van der Waals surface area (Å²) < 4.78 is 0. The molecule has 1 heterocycles.